The Balaban J connectivity index is 1.25. The maximum Gasteiger partial charge on any atom is 0.195 e. The lowest BCUT2D eigenvalue weighted by Gasteiger charge is -2.26. The van der Waals surface area contributed by atoms with Crippen molar-refractivity contribution < 1.29 is 19.7 Å². The number of likely N-dealkylation sites (tertiary alicyclic amines) is 1. The Labute approximate surface area is 245 Å². The van der Waals surface area contributed by atoms with E-state index in [1.54, 1.807) is 24.3 Å². The van der Waals surface area contributed by atoms with Gasteiger partial charge in [-0.05, 0) is 110 Å². The molecule has 2 aliphatic heterocycles. The van der Waals surface area contributed by atoms with Gasteiger partial charge in [0.1, 0.15) is 23.9 Å². The lowest BCUT2D eigenvalue weighted by atomic mass is 9.92. The molecule has 2 aliphatic rings. The van der Waals surface area contributed by atoms with Crippen LogP contribution in [0.3, 0.4) is 0 Å². The predicted molar refractivity (Wildman–Crippen MR) is 166 cm³/mol. The number of hydrogen-bond donors (Lipinski definition) is 2. The van der Waals surface area contributed by atoms with Gasteiger partial charge in [0.2, 0.25) is 0 Å². The number of piperidine rings is 1. The maximum atomic E-state index is 14.3. The molecule has 0 atom stereocenters. The largest absolute Gasteiger partial charge is 0.508 e. The maximum absolute atomic E-state index is 14.3. The van der Waals surface area contributed by atoms with Crippen LogP contribution in [0.1, 0.15) is 40.7 Å². The van der Waals surface area contributed by atoms with E-state index < -0.39 is 0 Å². The number of phenols is 2. The van der Waals surface area contributed by atoms with Crippen molar-refractivity contribution >= 4 is 16.7 Å². The minimum absolute atomic E-state index is 0.0420. The van der Waals surface area contributed by atoms with E-state index in [1.807, 2.05) is 54.6 Å². The molecular weight excluding hydrogens is 524 g/mol. The third-order valence-electron chi connectivity index (χ3n) is 8.66. The van der Waals surface area contributed by atoms with E-state index in [0.717, 1.165) is 70.7 Å². The summed E-state index contributed by atoms with van der Waals surface area (Å²) in [7, 11) is 0. The zero-order valence-corrected chi connectivity index (χ0v) is 23.6. The molecule has 0 radical (unpaired) electrons. The van der Waals surface area contributed by atoms with Crippen molar-refractivity contribution in [2.45, 2.75) is 32.2 Å². The number of ether oxygens (including phenoxy) is 1. The summed E-state index contributed by atoms with van der Waals surface area (Å²) >= 11 is 0. The first-order valence-electron chi connectivity index (χ1n) is 14.8. The molecule has 6 nitrogen and oxygen atoms in total. The average molecular weight is 559 g/mol. The molecule has 4 aromatic carbocycles. The molecule has 212 valence electrons. The molecule has 0 saturated carbocycles. The normalized spacial score (nSPS) is 14.9. The molecule has 0 amide bonds. The van der Waals surface area contributed by atoms with Crippen LogP contribution in [0.15, 0.2) is 84.9 Å². The molecule has 0 spiro atoms. The van der Waals surface area contributed by atoms with E-state index in [1.165, 1.54) is 19.3 Å². The Morgan fingerprint density at radius 1 is 0.786 bits per heavy atom. The first kappa shape index (κ1) is 26.4. The summed E-state index contributed by atoms with van der Waals surface area (Å²) < 4.78 is 8.25. The van der Waals surface area contributed by atoms with Crippen molar-refractivity contribution in [1.82, 2.24) is 9.47 Å². The lowest BCUT2D eigenvalue weighted by Crippen LogP contribution is -2.33. The van der Waals surface area contributed by atoms with Crippen molar-refractivity contribution in [3.63, 3.8) is 0 Å². The van der Waals surface area contributed by atoms with Crippen LogP contribution in [0.5, 0.6) is 17.2 Å². The van der Waals surface area contributed by atoms with Crippen LogP contribution in [0.4, 0.5) is 0 Å². The summed E-state index contributed by atoms with van der Waals surface area (Å²) in [5.74, 6) is 1.17. The fraction of sp³-hybridized carbons (Fsp3) is 0.250. The zero-order valence-electron chi connectivity index (χ0n) is 23.6. The van der Waals surface area contributed by atoms with Gasteiger partial charge in [-0.1, -0.05) is 30.7 Å². The van der Waals surface area contributed by atoms with Crippen LogP contribution in [0.2, 0.25) is 0 Å². The number of carbonyl (C=O) groups excluding carboxylic acids is 1. The number of aromatic nitrogens is 1. The van der Waals surface area contributed by atoms with E-state index >= 15 is 0 Å². The second-order valence-electron chi connectivity index (χ2n) is 11.4. The molecule has 2 N–H and O–H groups in total. The molecule has 1 saturated heterocycles. The molecule has 0 bridgehead atoms. The summed E-state index contributed by atoms with van der Waals surface area (Å²) in [6.07, 6.45) is 4.60. The van der Waals surface area contributed by atoms with Gasteiger partial charge in [0.15, 0.2) is 5.78 Å². The number of carbonyl (C=O) groups is 1. The second kappa shape index (κ2) is 11.0. The van der Waals surface area contributed by atoms with Gasteiger partial charge in [-0.3, -0.25) is 9.69 Å². The van der Waals surface area contributed by atoms with Crippen LogP contribution in [0, 0.1) is 0 Å². The van der Waals surface area contributed by atoms with Gasteiger partial charge in [0, 0.05) is 35.1 Å². The Bertz CT molecular complexity index is 1780. The summed E-state index contributed by atoms with van der Waals surface area (Å²) in [5.41, 5.74) is 7.02. The average Bonchev–Trinajstić information content (AvgIpc) is 3.35. The molecule has 5 aromatic rings. The quantitative estimate of drug-likeness (QED) is 0.210. The standard InChI is InChI=1S/C36H34N2O4/c39-28-6-4-5-25(21-28)26-9-13-32-33(23-26)38-18-15-27-22-29(40)10-14-31(27)35(38)34(32)36(41)24-7-11-30(12-8-24)42-20-19-37-16-2-1-3-17-37/h4-14,21-23,39-40H,1-3,15-20H2. The Hall–Kier alpha value is -4.55. The first-order valence-corrected chi connectivity index (χ1v) is 14.8. The molecule has 6 heteroatoms. The summed E-state index contributed by atoms with van der Waals surface area (Å²) in [5, 5.41) is 21.1. The molecule has 1 fully saturated rings. The summed E-state index contributed by atoms with van der Waals surface area (Å²) in [6.45, 7) is 4.54. The molecule has 1 aromatic heterocycles. The number of nitrogens with zero attached hydrogens (tertiary/aromatic N) is 2. The number of ketones is 1. The predicted octanol–water partition coefficient (Wildman–Crippen LogP) is 7.04. The molecule has 0 unspecified atom stereocenters. The van der Waals surface area contributed by atoms with Gasteiger partial charge in [-0.15, -0.1) is 0 Å². The van der Waals surface area contributed by atoms with E-state index in [4.69, 9.17) is 4.74 Å². The number of phenolic OH excluding ortho intramolecular Hbond substituents is 2. The molecule has 3 heterocycles. The molecule has 7 rings (SSSR count). The van der Waals surface area contributed by atoms with E-state index in [9.17, 15) is 15.0 Å². The van der Waals surface area contributed by atoms with Gasteiger partial charge in [0.05, 0.1) is 11.3 Å². The van der Waals surface area contributed by atoms with Crippen LogP contribution in [0.25, 0.3) is 33.3 Å². The number of aromatic hydroxyl groups is 2. The Morgan fingerprint density at radius 2 is 1.57 bits per heavy atom. The van der Waals surface area contributed by atoms with Crippen LogP contribution in [-0.4, -0.2) is 51.7 Å². The summed E-state index contributed by atoms with van der Waals surface area (Å²) in [4.78, 5) is 16.7. The van der Waals surface area contributed by atoms with Gasteiger partial charge in [-0.2, -0.15) is 0 Å². The van der Waals surface area contributed by atoms with Crippen LogP contribution >= 0.6 is 0 Å². The third kappa shape index (κ3) is 4.92. The van der Waals surface area contributed by atoms with Gasteiger partial charge >= 0.3 is 0 Å². The zero-order chi connectivity index (χ0) is 28.6. The Morgan fingerprint density at radius 3 is 2.38 bits per heavy atom. The monoisotopic (exact) mass is 558 g/mol. The molecule has 42 heavy (non-hydrogen) atoms. The number of rotatable bonds is 7. The van der Waals surface area contributed by atoms with Crippen molar-refractivity contribution in [2.24, 2.45) is 0 Å². The van der Waals surface area contributed by atoms with Crippen molar-refractivity contribution in [3.8, 4) is 39.6 Å². The topological polar surface area (TPSA) is 74.9 Å². The molecule has 0 aliphatic carbocycles. The highest BCUT2D eigenvalue weighted by molar-refractivity contribution is 6.21. The van der Waals surface area contributed by atoms with Crippen molar-refractivity contribution in [1.29, 1.82) is 0 Å². The minimum Gasteiger partial charge on any atom is -0.508 e. The fourth-order valence-corrected chi connectivity index (χ4v) is 6.53. The van der Waals surface area contributed by atoms with E-state index in [2.05, 4.69) is 15.5 Å². The molecular formula is C36H34N2O4. The van der Waals surface area contributed by atoms with Gasteiger partial charge in [-0.25, -0.2) is 0 Å². The fourth-order valence-electron chi connectivity index (χ4n) is 6.53. The first-order chi connectivity index (χ1) is 20.5. The highest BCUT2D eigenvalue weighted by Gasteiger charge is 2.29. The Kier molecular flexibility index (Phi) is 6.92. The SMILES string of the molecule is O=C(c1ccc(OCCN2CCCCC2)cc1)c1c2n(c3cc(-c4cccc(O)c4)ccc13)CCc1cc(O)ccc1-2. The van der Waals surface area contributed by atoms with Crippen molar-refractivity contribution in [2.75, 3.05) is 26.2 Å². The number of benzene rings is 4. The lowest BCUT2D eigenvalue weighted by molar-refractivity contribution is 0.104. The van der Waals surface area contributed by atoms with Gasteiger partial charge < -0.3 is 19.5 Å². The smallest absolute Gasteiger partial charge is 0.195 e. The number of fused-ring (bicyclic) bond motifs is 5. The highest BCUT2D eigenvalue weighted by Crippen LogP contribution is 2.42. The minimum atomic E-state index is -0.0420. The highest BCUT2D eigenvalue weighted by atomic mass is 16.5. The number of hydrogen-bond acceptors (Lipinski definition) is 5. The number of aryl methyl sites for hydroxylation is 2. The van der Waals surface area contributed by atoms with Crippen LogP contribution < -0.4 is 4.74 Å². The second-order valence-corrected chi connectivity index (χ2v) is 11.4. The third-order valence-corrected chi connectivity index (χ3v) is 8.66. The van der Waals surface area contributed by atoms with Gasteiger partial charge in [0.25, 0.3) is 0 Å². The van der Waals surface area contributed by atoms with Crippen LogP contribution in [-0.2, 0) is 13.0 Å². The van der Waals surface area contributed by atoms with E-state index in [-0.39, 0.29) is 17.3 Å². The van der Waals surface area contributed by atoms with Crippen molar-refractivity contribution in [3.05, 3.63) is 102 Å². The summed E-state index contributed by atoms with van der Waals surface area (Å²) in [6, 6.07) is 26.3. The van der Waals surface area contributed by atoms with E-state index in [0.29, 0.717) is 24.3 Å².